The lowest BCUT2D eigenvalue weighted by atomic mass is 10.1. The van der Waals surface area contributed by atoms with Crippen molar-refractivity contribution in [2.75, 3.05) is 0 Å². The van der Waals surface area contributed by atoms with Gasteiger partial charge in [0.2, 0.25) is 5.91 Å². The quantitative estimate of drug-likeness (QED) is 0.615. The van der Waals surface area contributed by atoms with Crippen LogP contribution in [-0.4, -0.2) is 24.6 Å². The fourth-order valence-corrected chi connectivity index (χ4v) is 3.22. The monoisotopic (exact) mass is 437 g/mol. The predicted octanol–water partition coefficient (Wildman–Crippen LogP) is 0.960. The van der Waals surface area contributed by atoms with Crippen LogP contribution in [0.5, 0.6) is 0 Å². The molecule has 0 saturated carbocycles. The SMILES string of the molecule is Cc1ccc(CNC(=O)Cn2c(Br)nc3c(=O)n(C)c(=O)n(C)c32)cc1F. The average molecular weight is 438 g/mol. The van der Waals surface area contributed by atoms with Crippen LogP contribution in [0.4, 0.5) is 4.39 Å². The summed E-state index contributed by atoms with van der Waals surface area (Å²) >= 11 is 3.23. The van der Waals surface area contributed by atoms with Gasteiger partial charge in [-0.1, -0.05) is 12.1 Å². The highest BCUT2D eigenvalue weighted by molar-refractivity contribution is 9.10. The van der Waals surface area contributed by atoms with Gasteiger partial charge in [0.1, 0.15) is 12.4 Å². The predicted molar refractivity (Wildman–Crippen MR) is 101 cm³/mol. The van der Waals surface area contributed by atoms with Gasteiger partial charge in [-0.15, -0.1) is 0 Å². The molecule has 2 aromatic heterocycles. The minimum atomic E-state index is -0.539. The summed E-state index contributed by atoms with van der Waals surface area (Å²) in [6.07, 6.45) is 0. The number of rotatable bonds is 4. The van der Waals surface area contributed by atoms with E-state index in [9.17, 15) is 18.8 Å². The molecule has 0 fully saturated rings. The number of carbonyl (C=O) groups is 1. The van der Waals surface area contributed by atoms with E-state index in [0.717, 1.165) is 4.57 Å². The number of halogens is 2. The molecule has 3 aromatic rings. The van der Waals surface area contributed by atoms with Gasteiger partial charge in [-0.25, -0.2) is 14.2 Å². The number of hydrogen-bond acceptors (Lipinski definition) is 4. The fourth-order valence-electron chi connectivity index (χ4n) is 2.75. The molecule has 1 amide bonds. The van der Waals surface area contributed by atoms with Crippen LogP contribution in [0.1, 0.15) is 11.1 Å². The third-order valence-electron chi connectivity index (χ3n) is 4.32. The summed E-state index contributed by atoms with van der Waals surface area (Å²) in [7, 11) is 2.87. The van der Waals surface area contributed by atoms with Crippen molar-refractivity contribution in [1.82, 2.24) is 24.0 Å². The smallest absolute Gasteiger partial charge is 0.332 e. The summed E-state index contributed by atoms with van der Waals surface area (Å²) in [5, 5.41) is 2.69. The summed E-state index contributed by atoms with van der Waals surface area (Å²) in [6.45, 7) is 1.65. The zero-order valence-electron chi connectivity index (χ0n) is 14.9. The van der Waals surface area contributed by atoms with E-state index in [1.807, 2.05) is 0 Å². The van der Waals surface area contributed by atoms with Crippen molar-refractivity contribution in [2.24, 2.45) is 14.1 Å². The first kappa shape index (κ1) is 19.0. The summed E-state index contributed by atoms with van der Waals surface area (Å²) in [5.74, 6) is -0.708. The highest BCUT2D eigenvalue weighted by Crippen LogP contribution is 2.16. The van der Waals surface area contributed by atoms with Gasteiger partial charge in [-0.2, -0.15) is 0 Å². The third-order valence-corrected chi connectivity index (χ3v) is 4.93. The van der Waals surface area contributed by atoms with Crippen LogP contribution in [0.15, 0.2) is 32.5 Å². The maximum atomic E-state index is 13.6. The van der Waals surface area contributed by atoms with Gasteiger partial charge < -0.3 is 5.32 Å². The van der Waals surface area contributed by atoms with E-state index in [4.69, 9.17) is 0 Å². The number of carbonyl (C=O) groups excluding carboxylic acids is 1. The van der Waals surface area contributed by atoms with Crippen molar-refractivity contribution in [3.63, 3.8) is 0 Å². The summed E-state index contributed by atoms with van der Waals surface area (Å²) < 4.78 is 17.5. The van der Waals surface area contributed by atoms with E-state index in [1.165, 1.54) is 29.3 Å². The summed E-state index contributed by atoms with van der Waals surface area (Å²) in [4.78, 5) is 40.9. The van der Waals surface area contributed by atoms with E-state index in [-0.39, 0.29) is 40.7 Å². The second-order valence-electron chi connectivity index (χ2n) is 6.21. The average Bonchev–Trinajstić information content (AvgIpc) is 2.95. The number of aryl methyl sites for hydroxylation is 2. The molecule has 1 aromatic carbocycles. The van der Waals surface area contributed by atoms with Crippen LogP contribution in [0.3, 0.4) is 0 Å². The first-order valence-corrected chi connectivity index (χ1v) is 8.83. The van der Waals surface area contributed by atoms with Crippen LogP contribution in [0, 0.1) is 12.7 Å². The molecule has 0 atom stereocenters. The lowest BCUT2D eigenvalue weighted by molar-refractivity contribution is -0.121. The van der Waals surface area contributed by atoms with Crippen molar-refractivity contribution >= 4 is 33.0 Å². The first-order chi connectivity index (χ1) is 12.7. The number of imidazole rings is 1. The molecule has 3 rings (SSSR count). The first-order valence-electron chi connectivity index (χ1n) is 8.04. The van der Waals surface area contributed by atoms with E-state index >= 15 is 0 Å². The Hall–Kier alpha value is -2.75. The zero-order valence-corrected chi connectivity index (χ0v) is 16.5. The number of amides is 1. The largest absolute Gasteiger partial charge is 0.350 e. The number of nitrogens with zero attached hydrogens (tertiary/aromatic N) is 4. The van der Waals surface area contributed by atoms with Crippen molar-refractivity contribution in [3.05, 3.63) is 60.7 Å². The lowest BCUT2D eigenvalue weighted by Gasteiger charge is -2.10. The van der Waals surface area contributed by atoms with Gasteiger partial charge in [0.15, 0.2) is 15.9 Å². The number of aromatic nitrogens is 4. The van der Waals surface area contributed by atoms with E-state index in [0.29, 0.717) is 11.1 Å². The molecule has 8 nitrogen and oxygen atoms in total. The standard InChI is InChI=1S/C17H17BrFN5O3/c1-9-4-5-10(6-11(9)19)7-20-12(25)8-24-14-13(21-16(24)18)15(26)23(3)17(27)22(14)2/h4-6H,7-8H2,1-3H3,(H,20,25). The molecule has 10 heteroatoms. The van der Waals surface area contributed by atoms with Crippen LogP contribution in [-0.2, 0) is 32.0 Å². The van der Waals surface area contributed by atoms with Crippen molar-refractivity contribution in [3.8, 4) is 0 Å². The summed E-state index contributed by atoms with van der Waals surface area (Å²) in [6, 6.07) is 4.74. The third kappa shape index (κ3) is 3.44. The van der Waals surface area contributed by atoms with Gasteiger partial charge in [0.25, 0.3) is 5.56 Å². The maximum absolute atomic E-state index is 13.6. The van der Waals surface area contributed by atoms with Crippen molar-refractivity contribution in [1.29, 1.82) is 0 Å². The van der Waals surface area contributed by atoms with Gasteiger partial charge in [0, 0.05) is 20.6 Å². The second-order valence-corrected chi connectivity index (χ2v) is 6.91. The van der Waals surface area contributed by atoms with E-state index < -0.39 is 11.2 Å². The highest BCUT2D eigenvalue weighted by Gasteiger charge is 2.19. The molecule has 0 aliphatic rings. The van der Waals surface area contributed by atoms with Gasteiger partial charge in [-0.3, -0.25) is 23.3 Å². The second kappa shape index (κ2) is 7.10. The molecular formula is C17H17BrFN5O3. The van der Waals surface area contributed by atoms with Crippen LogP contribution >= 0.6 is 15.9 Å². The fraction of sp³-hybridized carbons (Fsp3) is 0.294. The topological polar surface area (TPSA) is 90.9 Å². The van der Waals surface area contributed by atoms with Crippen molar-refractivity contribution in [2.45, 2.75) is 20.0 Å². The van der Waals surface area contributed by atoms with Gasteiger partial charge in [0.05, 0.1) is 0 Å². The zero-order chi connectivity index (χ0) is 19.9. The molecule has 0 radical (unpaired) electrons. The molecule has 0 saturated heterocycles. The number of fused-ring (bicyclic) bond motifs is 1. The molecule has 0 aliphatic carbocycles. The highest BCUT2D eigenvalue weighted by atomic mass is 79.9. The number of nitrogens with one attached hydrogen (secondary N) is 1. The molecule has 142 valence electrons. The Balaban J connectivity index is 1.87. The molecule has 2 heterocycles. The summed E-state index contributed by atoms with van der Waals surface area (Å²) in [5.41, 5.74) is 0.426. The Morgan fingerprint density at radius 3 is 2.63 bits per heavy atom. The Bertz CT molecular complexity index is 1180. The maximum Gasteiger partial charge on any atom is 0.332 e. The molecule has 0 aliphatic heterocycles. The molecule has 0 unspecified atom stereocenters. The van der Waals surface area contributed by atoms with Crippen LogP contribution in [0.25, 0.3) is 11.2 Å². The van der Waals surface area contributed by atoms with Gasteiger partial charge >= 0.3 is 5.69 Å². The Labute approximate surface area is 161 Å². The molecule has 27 heavy (non-hydrogen) atoms. The number of hydrogen-bond donors (Lipinski definition) is 1. The Morgan fingerprint density at radius 1 is 1.26 bits per heavy atom. The normalized spacial score (nSPS) is 11.1. The minimum Gasteiger partial charge on any atom is -0.350 e. The molecular weight excluding hydrogens is 421 g/mol. The van der Waals surface area contributed by atoms with Crippen LogP contribution < -0.4 is 16.6 Å². The minimum absolute atomic E-state index is 0.0832. The lowest BCUT2D eigenvalue weighted by Crippen LogP contribution is -2.38. The Morgan fingerprint density at radius 2 is 1.96 bits per heavy atom. The van der Waals surface area contributed by atoms with Crippen molar-refractivity contribution < 1.29 is 9.18 Å². The Kier molecular flexibility index (Phi) is 5.01. The molecule has 1 N–H and O–H groups in total. The molecule has 0 spiro atoms. The van der Waals surface area contributed by atoms with Gasteiger partial charge in [-0.05, 0) is 40.0 Å². The van der Waals surface area contributed by atoms with E-state index in [1.54, 1.807) is 19.1 Å². The van der Waals surface area contributed by atoms with Crippen LogP contribution in [0.2, 0.25) is 0 Å². The number of benzene rings is 1. The van der Waals surface area contributed by atoms with E-state index in [2.05, 4.69) is 26.2 Å². The molecule has 0 bridgehead atoms.